The molecule has 1 rings (SSSR count). The van der Waals surface area contributed by atoms with Crippen molar-refractivity contribution in [3.05, 3.63) is 42.0 Å². The van der Waals surface area contributed by atoms with E-state index in [2.05, 4.69) is 49.5 Å². The normalized spacial score (nSPS) is 14.1. The molecule has 0 saturated carbocycles. The zero-order valence-electron chi connectivity index (χ0n) is 9.25. The van der Waals surface area contributed by atoms with Gasteiger partial charge in [-0.1, -0.05) is 43.3 Å². The summed E-state index contributed by atoms with van der Waals surface area (Å²) in [5.41, 5.74) is 2.67. The lowest BCUT2D eigenvalue weighted by molar-refractivity contribution is 0.651. The topological polar surface area (TPSA) is 12.0 Å². The number of hydrogen-bond donors (Lipinski definition) is 1. The third-order valence-corrected chi connectivity index (χ3v) is 2.29. The van der Waals surface area contributed by atoms with Crippen LogP contribution in [0.2, 0.25) is 0 Å². The molecule has 0 fully saturated rings. The average molecular weight is 189 g/mol. The SMILES string of the molecule is CNCC(C)/C=C(\C)c1ccccc1. The van der Waals surface area contributed by atoms with Crippen LogP contribution >= 0.6 is 0 Å². The Morgan fingerprint density at radius 3 is 2.57 bits per heavy atom. The quantitative estimate of drug-likeness (QED) is 0.768. The van der Waals surface area contributed by atoms with Crippen molar-refractivity contribution in [2.45, 2.75) is 13.8 Å². The summed E-state index contributed by atoms with van der Waals surface area (Å²) in [4.78, 5) is 0. The summed E-state index contributed by atoms with van der Waals surface area (Å²) in [6.45, 7) is 5.43. The van der Waals surface area contributed by atoms with E-state index in [9.17, 15) is 0 Å². The molecule has 0 spiro atoms. The molecule has 1 aromatic carbocycles. The molecule has 0 aliphatic heterocycles. The summed E-state index contributed by atoms with van der Waals surface area (Å²) in [7, 11) is 1.99. The number of rotatable bonds is 4. The van der Waals surface area contributed by atoms with Gasteiger partial charge in [-0.25, -0.2) is 0 Å². The summed E-state index contributed by atoms with van der Waals surface area (Å²) in [6, 6.07) is 10.5. The second kappa shape index (κ2) is 5.61. The number of benzene rings is 1. The molecule has 1 nitrogen and oxygen atoms in total. The van der Waals surface area contributed by atoms with Crippen LogP contribution in [0.4, 0.5) is 0 Å². The first-order valence-corrected chi connectivity index (χ1v) is 5.12. The molecule has 1 heteroatoms. The van der Waals surface area contributed by atoms with E-state index in [4.69, 9.17) is 0 Å². The molecule has 76 valence electrons. The first-order chi connectivity index (χ1) is 6.74. The van der Waals surface area contributed by atoms with E-state index >= 15 is 0 Å². The van der Waals surface area contributed by atoms with Crippen molar-refractivity contribution < 1.29 is 0 Å². The minimum absolute atomic E-state index is 0.584. The van der Waals surface area contributed by atoms with E-state index in [1.165, 1.54) is 11.1 Å². The summed E-state index contributed by atoms with van der Waals surface area (Å²) in [6.07, 6.45) is 2.31. The highest BCUT2D eigenvalue weighted by Gasteiger charge is 1.98. The monoisotopic (exact) mass is 189 g/mol. The number of hydrogen-bond acceptors (Lipinski definition) is 1. The molecule has 0 aliphatic carbocycles. The Labute approximate surface area is 86.8 Å². The molecule has 1 unspecified atom stereocenters. The lowest BCUT2D eigenvalue weighted by Gasteiger charge is -2.07. The van der Waals surface area contributed by atoms with E-state index < -0.39 is 0 Å². The molecule has 0 radical (unpaired) electrons. The van der Waals surface area contributed by atoms with E-state index in [0.29, 0.717) is 5.92 Å². The molecule has 1 aromatic rings. The standard InChI is InChI=1S/C13H19N/c1-11(10-14-3)9-12(2)13-7-5-4-6-8-13/h4-9,11,14H,10H2,1-3H3/b12-9+. The van der Waals surface area contributed by atoms with Crippen LogP contribution in [0.25, 0.3) is 5.57 Å². The van der Waals surface area contributed by atoms with Crippen molar-refractivity contribution in [1.82, 2.24) is 5.32 Å². The summed E-state index contributed by atoms with van der Waals surface area (Å²) < 4.78 is 0. The van der Waals surface area contributed by atoms with Gasteiger partial charge in [0, 0.05) is 6.54 Å². The highest BCUT2D eigenvalue weighted by molar-refractivity contribution is 5.63. The Kier molecular flexibility index (Phi) is 4.41. The smallest absolute Gasteiger partial charge is 0.000872 e. The van der Waals surface area contributed by atoms with Crippen LogP contribution in [0.1, 0.15) is 19.4 Å². The van der Waals surface area contributed by atoms with Gasteiger partial charge >= 0.3 is 0 Å². The number of nitrogens with one attached hydrogen (secondary N) is 1. The molecule has 1 N–H and O–H groups in total. The Hall–Kier alpha value is -1.08. The van der Waals surface area contributed by atoms with E-state index in [0.717, 1.165) is 6.54 Å². The van der Waals surface area contributed by atoms with Crippen molar-refractivity contribution >= 4 is 5.57 Å². The van der Waals surface area contributed by atoms with Gasteiger partial charge in [-0.3, -0.25) is 0 Å². The molecule has 0 amide bonds. The second-order valence-corrected chi connectivity index (χ2v) is 3.75. The van der Waals surface area contributed by atoms with Gasteiger partial charge in [-0.15, -0.1) is 0 Å². The van der Waals surface area contributed by atoms with E-state index in [-0.39, 0.29) is 0 Å². The molecule has 0 bridgehead atoms. The highest BCUT2D eigenvalue weighted by atomic mass is 14.8. The predicted octanol–water partition coefficient (Wildman–Crippen LogP) is 2.95. The third-order valence-electron chi connectivity index (χ3n) is 2.29. The van der Waals surface area contributed by atoms with Gasteiger partial charge < -0.3 is 5.32 Å². The van der Waals surface area contributed by atoms with Gasteiger partial charge in [0.2, 0.25) is 0 Å². The average Bonchev–Trinajstić information content (AvgIpc) is 2.19. The fourth-order valence-electron chi connectivity index (χ4n) is 1.60. The minimum Gasteiger partial charge on any atom is -0.319 e. The zero-order chi connectivity index (χ0) is 10.4. The van der Waals surface area contributed by atoms with Gasteiger partial charge in [0.05, 0.1) is 0 Å². The first kappa shape index (κ1) is 11.0. The van der Waals surface area contributed by atoms with Crippen LogP contribution in [0.5, 0.6) is 0 Å². The molecular formula is C13H19N. The lowest BCUT2D eigenvalue weighted by atomic mass is 10.0. The van der Waals surface area contributed by atoms with Crippen LogP contribution in [0.15, 0.2) is 36.4 Å². The summed E-state index contributed by atoms with van der Waals surface area (Å²) in [5.74, 6) is 0.584. The fraction of sp³-hybridized carbons (Fsp3) is 0.385. The lowest BCUT2D eigenvalue weighted by Crippen LogP contribution is -2.14. The zero-order valence-corrected chi connectivity index (χ0v) is 9.25. The van der Waals surface area contributed by atoms with Crippen molar-refractivity contribution in [3.63, 3.8) is 0 Å². The molecular weight excluding hydrogens is 170 g/mol. The largest absolute Gasteiger partial charge is 0.319 e. The van der Waals surface area contributed by atoms with E-state index in [1.54, 1.807) is 0 Å². The maximum absolute atomic E-state index is 3.18. The summed E-state index contributed by atoms with van der Waals surface area (Å²) in [5, 5.41) is 3.18. The number of allylic oxidation sites excluding steroid dienone is 1. The molecule has 14 heavy (non-hydrogen) atoms. The van der Waals surface area contributed by atoms with Gasteiger partial charge in [0.1, 0.15) is 0 Å². The third kappa shape index (κ3) is 3.35. The summed E-state index contributed by atoms with van der Waals surface area (Å²) >= 11 is 0. The Morgan fingerprint density at radius 2 is 2.00 bits per heavy atom. The van der Waals surface area contributed by atoms with Crippen LogP contribution in [-0.2, 0) is 0 Å². The maximum atomic E-state index is 3.18. The van der Waals surface area contributed by atoms with Gasteiger partial charge in [0.25, 0.3) is 0 Å². The Bertz CT molecular complexity index is 287. The van der Waals surface area contributed by atoms with Gasteiger partial charge in [0.15, 0.2) is 0 Å². The molecule has 0 aromatic heterocycles. The maximum Gasteiger partial charge on any atom is 0.000872 e. The first-order valence-electron chi connectivity index (χ1n) is 5.12. The predicted molar refractivity (Wildman–Crippen MR) is 63.2 cm³/mol. The molecule has 0 saturated heterocycles. The second-order valence-electron chi connectivity index (χ2n) is 3.75. The van der Waals surface area contributed by atoms with Crippen LogP contribution in [0, 0.1) is 5.92 Å². The van der Waals surface area contributed by atoms with Crippen LogP contribution < -0.4 is 5.32 Å². The van der Waals surface area contributed by atoms with Gasteiger partial charge in [-0.05, 0) is 31.0 Å². The molecule has 0 aliphatic rings. The van der Waals surface area contributed by atoms with Crippen LogP contribution in [-0.4, -0.2) is 13.6 Å². The molecule has 1 atom stereocenters. The van der Waals surface area contributed by atoms with Crippen molar-refractivity contribution in [1.29, 1.82) is 0 Å². The van der Waals surface area contributed by atoms with Crippen molar-refractivity contribution in [2.75, 3.05) is 13.6 Å². The highest BCUT2D eigenvalue weighted by Crippen LogP contribution is 2.15. The van der Waals surface area contributed by atoms with Gasteiger partial charge in [-0.2, -0.15) is 0 Å². The molecule has 0 heterocycles. The minimum atomic E-state index is 0.584. The van der Waals surface area contributed by atoms with Crippen molar-refractivity contribution in [3.8, 4) is 0 Å². The Morgan fingerprint density at radius 1 is 1.36 bits per heavy atom. The Balaban J connectivity index is 2.69. The fourth-order valence-corrected chi connectivity index (χ4v) is 1.60. The van der Waals surface area contributed by atoms with E-state index in [1.807, 2.05) is 13.1 Å². The van der Waals surface area contributed by atoms with Crippen molar-refractivity contribution in [2.24, 2.45) is 5.92 Å². The van der Waals surface area contributed by atoms with Crippen LogP contribution in [0.3, 0.4) is 0 Å².